The number of likely N-dealkylation sites (tertiary alicyclic amines) is 1. The highest BCUT2D eigenvalue weighted by molar-refractivity contribution is 5.94. The number of non-ortho nitro benzene ring substituents is 1. The molecule has 1 saturated heterocycles. The maximum Gasteiger partial charge on any atom is 0.328 e. The summed E-state index contributed by atoms with van der Waals surface area (Å²) in [6.07, 6.45) is 5.17. The largest absolute Gasteiger partial charge is 0.464 e. The van der Waals surface area contributed by atoms with Crippen molar-refractivity contribution in [2.45, 2.75) is 32.2 Å². The average molecular weight is 332 g/mol. The summed E-state index contributed by atoms with van der Waals surface area (Å²) in [7, 11) is 0. The van der Waals surface area contributed by atoms with Crippen molar-refractivity contribution in [2.24, 2.45) is 0 Å². The highest BCUT2D eigenvalue weighted by atomic mass is 16.6. The van der Waals surface area contributed by atoms with Crippen LogP contribution in [0.15, 0.2) is 30.3 Å². The van der Waals surface area contributed by atoms with Crippen molar-refractivity contribution in [3.63, 3.8) is 0 Å². The van der Waals surface area contributed by atoms with E-state index in [0.717, 1.165) is 12.8 Å². The van der Waals surface area contributed by atoms with Crippen LogP contribution in [-0.4, -0.2) is 40.9 Å². The molecule has 24 heavy (non-hydrogen) atoms. The van der Waals surface area contributed by atoms with Crippen molar-refractivity contribution in [3.8, 4) is 0 Å². The molecule has 1 heterocycles. The van der Waals surface area contributed by atoms with Crippen molar-refractivity contribution in [2.75, 3.05) is 13.2 Å². The number of hydrogen-bond donors (Lipinski definition) is 0. The zero-order chi connectivity index (χ0) is 17.5. The number of hydrogen-bond acceptors (Lipinski definition) is 5. The first-order chi connectivity index (χ1) is 11.5. The van der Waals surface area contributed by atoms with E-state index in [-0.39, 0.29) is 24.2 Å². The third-order valence-corrected chi connectivity index (χ3v) is 3.84. The molecule has 1 atom stereocenters. The standard InChI is InChI=1S/C17H20N2O5/c1-2-24-17(21)15-8-3-4-11-18(15)16(20)10-9-13-6-5-7-14(12-13)19(22)23/h5-7,9-10,12,15H,2-4,8,11H2,1H3/b10-9+. The van der Waals surface area contributed by atoms with Crippen molar-refractivity contribution < 1.29 is 19.2 Å². The van der Waals surface area contributed by atoms with Crippen LogP contribution in [0.2, 0.25) is 0 Å². The van der Waals surface area contributed by atoms with Gasteiger partial charge in [0.2, 0.25) is 5.91 Å². The maximum atomic E-state index is 12.4. The Bertz CT molecular complexity index is 656. The molecular formula is C17H20N2O5. The summed E-state index contributed by atoms with van der Waals surface area (Å²) in [5.41, 5.74) is 0.522. The molecule has 1 aliphatic rings. The Morgan fingerprint density at radius 2 is 2.21 bits per heavy atom. The lowest BCUT2D eigenvalue weighted by Crippen LogP contribution is -2.48. The molecule has 2 rings (SSSR count). The maximum absolute atomic E-state index is 12.4. The van der Waals surface area contributed by atoms with Crippen molar-refractivity contribution in [3.05, 3.63) is 46.0 Å². The number of nitrogens with zero attached hydrogens (tertiary/aromatic N) is 2. The minimum absolute atomic E-state index is 0.0352. The highest BCUT2D eigenvalue weighted by Crippen LogP contribution is 2.19. The van der Waals surface area contributed by atoms with E-state index < -0.39 is 11.0 Å². The molecule has 1 aromatic carbocycles. The van der Waals surface area contributed by atoms with E-state index in [1.54, 1.807) is 19.1 Å². The van der Waals surface area contributed by atoms with Crippen LogP contribution in [-0.2, 0) is 14.3 Å². The van der Waals surface area contributed by atoms with E-state index in [0.29, 0.717) is 18.5 Å². The number of carbonyl (C=O) groups is 2. The van der Waals surface area contributed by atoms with Crippen LogP contribution >= 0.6 is 0 Å². The van der Waals surface area contributed by atoms with Crippen LogP contribution in [0.25, 0.3) is 6.08 Å². The molecule has 0 aliphatic carbocycles. The molecule has 7 nitrogen and oxygen atoms in total. The Morgan fingerprint density at radius 3 is 2.92 bits per heavy atom. The van der Waals surface area contributed by atoms with E-state index in [2.05, 4.69) is 0 Å². The number of carbonyl (C=O) groups excluding carboxylic acids is 2. The first-order valence-corrected chi connectivity index (χ1v) is 7.92. The number of benzene rings is 1. The summed E-state index contributed by atoms with van der Waals surface area (Å²) in [6.45, 7) is 2.51. The molecule has 7 heteroatoms. The van der Waals surface area contributed by atoms with Gasteiger partial charge in [-0.1, -0.05) is 12.1 Å². The third-order valence-electron chi connectivity index (χ3n) is 3.84. The number of nitro benzene ring substituents is 1. The number of nitro groups is 1. The third kappa shape index (κ3) is 4.41. The Balaban J connectivity index is 2.10. The van der Waals surface area contributed by atoms with Gasteiger partial charge >= 0.3 is 5.97 Å². The number of ether oxygens (including phenoxy) is 1. The van der Waals surface area contributed by atoms with Gasteiger partial charge in [-0.25, -0.2) is 4.79 Å². The van der Waals surface area contributed by atoms with E-state index in [1.807, 2.05) is 0 Å². The van der Waals surface area contributed by atoms with Gasteiger partial charge < -0.3 is 9.64 Å². The van der Waals surface area contributed by atoms with E-state index in [9.17, 15) is 19.7 Å². The van der Waals surface area contributed by atoms with Crippen LogP contribution in [0.4, 0.5) is 5.69 Å². The van der Waals surface area contributed by atoms with E-state index >= 15 is 0 Å². The minimum atomic E-state index is -0.555. The van der Waals surface area contributed by atoms with Crippen LogP contribution < -0.4 is 0 Å². The Labute approximate surface area is 140 Å². The molecule has 0 aromatic heterocycles. The zero-order valence-electron chi connectivity index (χ0n) is 13.5. The number of amides is 1. The summed E-state index contributed by atoms with van der Waals surface area (Å²) in [6, 6.07) is 5.46. The molecule has 0 N–H and O–H groups in total. The van der Waals surface area contributed by atoms with Crippen molar-refractivity contribution in [1.82, 2.24) is 4.90 Å². The molecule has 1 aromatic rings. The average Bonchev–Trinajstić information content (AvgIpc) is 2.60. The number of piperidine rings is 1. The molecule has 1 unspecified atom stereocenters. The molecule has 0 bridgehead atoms. The molecule has 0 spiro atoms. The lowest BCUT2D eigenvalue weighted by molar-refractivity contribution is -0.384. The van der Waals surface area contributed by atoms with Gasteiger partial charge in [-0.15, -0.1) is 0 Å². The molecule has 0 saturated carbocycles. The fourth-order valence-corrected chi connectivity index (χ4v) is 2.68. The van der Waals surface area contributed by atoms with Gasteiger partial charge in [0.15, 0.2) is 0 Å². The number of rotatable bonds is 5. The summed E-state index contributed by atoms with van der Waals surface area (Å²) < 4.78 is 5.03. The van der Waals surface area contributed by atoms with E-state index in [4.69, 9.17) is 4.74 Å². The fourth-order valence-electron chi connectivity index (χ4n) is 2.68. The molecule has 1 aliphatic heterocycles. The monoisotopic (exact) mass is 332 g/mol. The van der Waals surface area contributed by atoms with Gasteiger partial charge in [-0.3, -0.25) is 14.9 Å². The predicted octanol–water partition coefficient (Wildman–Crippen LogP) is 2.55. The summed E-state index contributed by atoms with van der Waals surface area (Å²) in [4.78, 5) is 36.2. The second-order valence-corrected chi connectivity index (χ2v) is 5.48. The van der Waals surface area contributed by atoms with Gasteiger partial charge in [0.05, 0.1) is 11.5 Å². The smallest absolute Gasteiger partial charge is 0.328 e. The molecule has 0 radical (unpaired) electrons. The summed E-state index contributed by atoms with van der Waals surface area (Å²) >= 11 is 0. The Kier molecular flexibility index (Phi) is 6.06. The van der Waals surface area contributed by atoms with Crippen LogP contribution in [0, 0.1) is 10.1 Å². The first-order valence-electron chi connectivity index (χ1n) is 7.92. The fraction of sp³-hybridized carbons (Fsp3) is 0.412. The van der Waals surface area contributed by atoms with Gasteiger partial charge in [-0.05, 0) is 37.8 Å². The van der Waals surface area contributed by atoms with Crippen molar-refractivity contribution >= 4 is 23.6 Å². The second kappa shape index (κ2) is 8.24. The van der Waals surface area contributed by atoms with Crippen LogP contribution in [0.3, 0.4) is 0 Å². The summed E-state index contributed by atoms with van der Waals surface area (Å²) in [5.74, 6) is -0.673. The first kappa shape index (κ1) is 17.7. The SMILES string of the molecule is CCOC(=O)C1CCCCN1C(=O)/C=C/c1cccc([N+](=O)[O-])c1. The van der Waals surface area contributed by atoms with Crippen LogP contribution in [0.5, 0.6) is 0 Å². The lowest BCUT2D eigenvalue weighted by Gasteiger charge is -2.33. The van der Waals surface area contributed by atoms with Crippen molar-refractivity contribution in [1.29, 1.82) is 0 Å². The van der Waals surface area contributed by atoms with Gasteiger partial charge in [0.25, 0.3) is 5.69 Å². The molecular weight excluding hydrogens is 312 g/mol. The molecule has 128 valence electrons. The lowest BCUT2D eigenvalue weighted by atomic mass is 10.0. The van der Waals surface area contributed by atoms with E-state index in [1.165, 1.54) is 29.2 Å². The molecule has 1 fully saturated rings. The Hall–Kier alpha value is -2.70. The van der Waals surface area contributed by atoms with Gasteiger partial charge in [-0.2, -0.15) is 0 Å². The molecule has 1 amide bonds. The quantitative estimate of drug-likeness (QED) is 0.358. The normalized spacial score (nSPS) is 17.7. The predicted molar refractivity (Wildman–Crippen MR) is 88.1 cm³/mol. The second-order valence-electron chi connectivity index (χ2n) is 5.48. The minimum Gasteiger partial charge on any atom is -0.464 e. The highest BCUT2D eigenvalue weighted by Gasteiger charge is 2.32. The topological polar surface area (TPSA) is 89.8 Å². The van der Waals surface area contributed by atoms with Gasteiger partial charge in [0.1, 0.15) is 6.04 Å². The number of esters is 1. The van der Waals surface area contributed by atoms with Gasteiger partial charge in [0, 0.05) is 24.8 Å². The Morgan fingerprint density at radius 1 is 1.42 bits per heavy atom. The van der Waals surface area contributed by atoms with Crippen LogP contribution in [0.1, 0.15) is 31.7 Å². The zero-order valence-corrected chi connectivity index (χ0v) is 13.5. The summed E-state index contributed by atoms with van der Waals surface area (Å²) in [5, 5.41) is 10.8.